The molecule has 2 heterocycles. The molecule has 30 heavy (non-hydrogen) atoms. The van der Waals surface area contributed by atoms with Crippen LogP contribution in [0, 0.1) is 11.6 Å². The minimum atomic E-state index is -1.53. The molecule has 0 amide bonds. The number of aliphatic hydroxyl groups excluding tert-OH is 1. The zero-order valence-corrected chi connectivity index (χ0v) is 17.0. The number of fused-ring (bicyclic) bond motifs is 3. The van der Waals surface area contributed by atoms with Crippen molar-refractivity contribution in [2.45, 2.75) is 32.0 Å². The van der Waals surface area contributed by atoms with Crippen molar-refractivity contribution in [3.8, 4) is 5.75 Å². The van der Waals surface area contributed by atoms with Crippen LogP contribution in [0.25, 0.3) is 10.9 Å². The molecule has 3 aromatic rings. The Bertz CT molecular complexity index is 1040. The highest BCUT2D eigenvalue weighted by atomic mass is 19.1. The van der Waals surface area contributed by atoms with Crippen molar-refractivity contribution in [1.29, 1.82) is 0 Å². The number of aromatic nitrogens is 1. The molecule has 0 fully saturated rings. The summed E-state index contributed by atoms with van der Waals surface area (Å²) in [6.07, 6.45) is 0.660. The summed E-state index contributed by atoms with van der Waals surface area (Å²) < 4.78 is 50.1. The van der Waals surface area contributed by atoms with Crippen LogP contribution in [0.15, 0.2) is 36.4 Å². The SMILES string of the molecule is CC(C)(F)CN1CCc2c([nH]c3ccccc23)C1c1c(F)cc(OCCO)cc1F. The van der Waals surface area contributed by atoms with E-state index in [-0.39, 0.29) is 31.1 Å². The lowest BCUT2D eigenvalue weighted by Gasteiger charge is -2.38. The average Bonchev–Trinajstić information content (AvgIpc) is 3.05. The second-order valence-electron chi connectivity index (χ2n) is 8.28. The predicted molar refractivity (Wildman–Crippen MR) is 110 cm³/mol. The third-order valence-corrected chi connectivity index (χ3v) is 5.40. The van der Waals surface area contributed by atoms with Crippen LogP contribution in [-0.4, -0.2) is 47.0 Å². The predicted octanol–water partition coefficient (Wildman–Crippen LogP) is 4.51. The highest BCUT2D eigenvalue weighted by Crippen LogP contribution is 2.41. The van der Waals surface area contributed by atoms with Crippen LogP contribution in [0.5, 0.6) is 5.75 Å². The maximum Gasteiger partial charge on any atom is 0.135 e. The molecule has 1 aromatic heterocycles. The van der Waals surface area contributed by atoms with E-state index in [9.17, 15) is 4.39 Å². The van der Waals surface area contributed by atoms with Gasteiger partial charge in [0.2, 0.25) is 0 Å². The number of aromatic amines is 1. The third-order valence-electron chi connectivity index (χ3n) is 5.40. The van der Waals surface area contributed by atoms with E-state index in [0.29, 0.717) is 18.7 Å². The molecule has 1 unspecified atom stereocenters. The van der Waals surface area contributed by atoms with Gasteiger partial charge in [-0.1, -0.05) is 18.2 Å². The summed E-state index contributed by atoms with van der Waals surface area (Å²) in [6.45, 7) is 3.12. The Morgan fingerprint density at radius 2 is 1.90 bits per heavy atom. The number of H-pyrrole nitrogens is 1. The van der Waals surface area contributed by atoms with Crippen molar-refractivity contribution in [3.63, 3.8) is 0 Å². The fourth-order valence-corrected chi connectivity index (χ4v) is 4.34. The first-order valence-corrected chi connectivity index (χ1v) is 10.0. The number of halogens is 3. The third kappa shape index (κ3) is 3.91. The Labute approximate surface area is 173 Å². The molecule has 0 bridgehead atoms. The van der Waals surface area contributed by atoms with Crippen LogP contribution in [-0.2, 0) is 6.42 Å². The second-order valence-corrected chi connectivity index (χ2v) is 8.28. The van der Waals surface area contributed by atoms with E-state index in [2.05, 4.69) is 4.98 Å². The first-order chi connectivity index (χ1) is 14.3. The molecule has 0 aliphatic carbocycles. The molecule has 7 heteroatoms. The summed E-state index contributed by atoms with van der Waals surface area (Å²) >= 11 is 0. The monoisotopic (exact) mass is 418 g/mol. The van der Waals surface area contributed by atoms with E-state index in [4.69, 9.17) is 9.84 Å². The zero-order valence-electron chi connectivity index (χ0n) is 17.0. The first-order valence-electron chi connectivity index (χ1n) is 10.0. The maximum absolute atomic E-state index is 15.2. The number of rotatable bonds is 6. The standard InChI is InChI=1S/C23H25F3N2O2/c1-23(2,26)13-28-8-7-16-15-5-3-4-6-19(15)27-21(16)22(28)20-17(24)11-14(12-18(20)25)30-10-9-29/h3-6,11-12,22,27,29H,7-10,13H2,1-2H3. The number of hydrogen-bond donors (Lipinski definition) is 2. The molecule has 0 saturated carbocycles. The molecule has 160 valence electrons. The van der Waals surface area contributed by atoms with E-state index in [1.54, 1.807) is 4.90 Å². The van der Waals surface area contributed by atoms with Crippen molar-refractivity contribution in [2.24, 2.45) is 0 Å². The van der Waals surface area contributed by atoms with Crippen molar-refractivity contribution < 1.29 is 23.0 Å². The molecule has 4 nitrogen and oxygen atoms in total. The average molecular weight is 418 g/mol. The summed E-state index contributed by atoms with van der Waals surface area (Å²) in [6, 6.07) is 9.17. The normalized spacial score (nSPS) is 17.3. The fraction of sp³-hybridized carbons (Fsp3) is 0.391. The van der Waals surface area contributed by atoms with Crippen molar-refractivity contribution in [3.05, 3.63) is 64.9 Å². The summed E-state index contributed by atoms with van der Waals surface area (Å²) in [5.74, 6) is -1.52. The van der Waals surface area contributed by atoms with Crippen LogP contribution in [0.1, 0.15) is 36.7 Å². The Morgan fingerprint density at radius 3 is 2.57 bits per heavy atom. The molecule has 0 radical (unpaired) electrons. The molecular formula is C23H25F3N2O2. The summed E-state index contributed by atoms with van der Waals surface area (Å²) in [5, 5.41) is 9.90. The number of para-hydroxylation sites is 1. The molecule has 1 aliphatic heterocycles. The largest absolute Gasteiger partial charge is 0.491 e. The first kappa shape index (κ1) is 20.8. The van der Waals surface area contributed by atoms with Crippen molar-refractivity contribution in [1.82, 2.24) is 9.88 Å². The Balaban J connectivity index is 1.85. The van der Waals surface area contributed by atoms with E-state index in [1.165, 1.54) is 13.8 Å². The lowest BCUT2D eigenvalue weighted by Crippen LogP contribution is -2.43. The molecule has 0 saturated heterocycles. The van der Waals surface area contributed by atoms with Gasteiger partial charge in [0.05, 0.1) is 12.6 Å². The van der Waals surface area contributed by atoms with Gasteiger partial charge in [-0.2, -0.15) is 0 Å². The van der Waals surface area contributed by atoms with Gasteiger partial charge < -0.3 is 14.8 Å². The Hall–Kier alpha value is -2.51. The Kier molecular flexibility index (Phi) is 5.51. The minimum absolute atomic E-state index is 0.00727. The van der Waals surface area contributed by atoms with Gasteiger partial charge in [-0.25, -0.2) is 13.2 Å². The van der Waals surface area contributed by atoms with Crippen LogP contribution in [0.3, 0.4) is 0 Å². The van der Waals surface area contributed by atoms with Gasteiger partial charge in [0.1, 0.15) is 29.7 Å². The fourth-order valence-electron chi connectivity index (χ4n) is 4.34. The number of ether oxygens (including phenoxy) is 1. The minimum Gasteiger partial charge on any atom is -0.491 e. The number of aliphatic hydroxyl groups is 1. The van der Waals surface area contributed by atoms with E-state index in [1.807, 2.05) is 24.3 Å². The highest BCUT2D eigenvalue weighted by molar-refractivity contribution is 5.85. The molecule has 0 spiro atoms. The van der Waals surface area contributed by atoms with E-state index < -0.39 is 23.3 Å². The second kappa shape index (κ2) is 7.96. The van der Waals surface area contributed by atoms with Gasteiger partial charge in [-0.15, -0.1) is 0 Å². The smallest absolute Gasteiger partial charge is 0.135 e. The quantitative estimate of drug-likeness (QED) is 0.619. The van der Waals surface area contributed by atoms with Crippen LogP contribution < -0.4 is 4.74 Å². The maximum atomic E-state index is 15.2. The Morgan fingerprint density at radius 1 is 1.20 bits per heavy atom. The van der Waals surface area contributed by atoms with Crippen LogP contribution >= 0.6 is 0 Å². The number of benzene rings is 2. The van der Waals surface area contributed by atoms with Crippen molar-refractivity contribution >= 4 is 10.9 Å². The van der Waals surface area contributed by atoms with Gasteiger partial charge in [0.25, 0.3) is 0 Å². The number of nitrogens with zero attached hydrogens (tertiary/aromatic N) is 1. The number of alkyl halides is 1. The lowest BCUT2D eigenvalue weighted by atomic mass is 9.90. The molecule has 2 N–H and O–H groups in total. The summed E-state index contributed by atoms with van der Waals surface area (Å²) in [7, 11) is 0. The number of nitrogens with one attached hydrogen (secondary N) is 1. The number of hydrogen-bond acceptors (Lipinski definition) is 3. The topological polar surface area (TPSA) is 48.5 Å². The van der Waals surface area contributed by atoms with Gasteiger partial charge in [-0.05, 0) is 31.9 Å². The van der Waals surface area contributed by atoms with Crippen LogP contribution in [0.2, 0.25) is 0 Å². The lowest BCUT2D eigenvalue weighted by molar-refractivity contribution is 0.0962. The van der Waals surface area contributed by atoms with Gasteiger partial charge in [0, 0.05) is 47.4 Å². The van der Waals surface area contributed by atoms with Crippen molar-refractivity contribution in [2.75, 3.05) is 26.3 Å². The van der Waals surface area contributed by atoms with Crippen LogP contribution in [0.4, 0.5) is 13.2 Å². The van der Waals surface area contributed by atoms with Gasteiger partial charge >= 0.3 is 0 Å². The molecular weight excluding hydrogens is 393 g/mol. The van der Waals surface area contributed by atoms with Gasteiger partial charge in [0.15, 0.2) is 0 Å². The molecule has 2 aromatic carbocycles. The van der Waals surface area contributed by atoms with Gasteiger partial charge in [-0.3, -0.25) is 4.90 Å². The molecule has 1 aliphatic rings. The van der Waals surface area contributed by atoms with E-state index in [0.717, 1.165) is 28.6 Å². The highest BCUT2D eigenvalue weighted by Gasteiger charge is 2.37. The summed E-state index contributed by atoms with van der Waals surface area (Å²) in [5.41, 5.74) is 0.913. The molecule has 1 atom stereocenters. The summed E-state index contributed by atoms with van der Waals surface area (Å²) in [4.78, 5) is 5.11. The molecule has 4 rings (SSSR count). The zero-order chi connectivity index (χ0) is 21.5. The van der Waals surface area contributed by atoms with E-state index >= 15 is 8.78 Å².